The highest BCUT2D eigenvalue weighted by Gasteiger charge is 2.38. The Bertz CT molecular complexity index is 2730. The lowest BCUT2D eigenvalue weighted by Crippen LogP contribution is -2.15. The van der Waals surface area contributed by atoms with Crippen molar-refractivity contribution in [1.29, 1.82) is 0 Å². The predicted molar refractivity (Wildman–Crippen MR) is 238 cm³/mol. The van der Waals surface area contributed by atoms with Gasteiger partial charge in [0.05, 0.1) is 0 Å². The minimum Gasteiger partial charge on any atom is -0.311 e. The maximum Gasteiger partial charge on any atom is 0.0462 e. The van der Waals surface area contributed by atoms with Crippen molar-refractivity contribution in [2.45, 2.75) is 19.3 Å². The van der Waals surface area contributed by atoms with E-state index in [0.29, 0.717) is 0 Å². The van der Waals surface area contributed by atoms with E-state index in [-0.39, 0.29) is 5.41 Å². The lowest BCUT2D eigenvalue weighted by atomic mass is 9.79. The molecule has 0 spiro atoms. The van der Waals surface area contributed by atoms with Gasteiger partial charge in [-0.25, -0.2) is 0 Å². The Hall–Kier alpha value is -6.96. The van der Waals surface area contributed by atoms with Crippen LogP contribution in [0, 0.1) is 0 Å². The van der Waals surface area contributed by atoms with Gasteiger partial charge in [0.1, 0.15) is 0 Å². The molecule has 0 aliphatic heterocycles. The molecule has 0 bridgehead atoms. The van der Waals surface area contributed by atoms with Crippen molar-refractivity contribution in [2.24, 2.45) is 0 Å². The van der Waals surface area contributed by atoms with Gasteiger partial charge in [-0.05, 0) is 120 Å². The summed E-state index contributed by atoms with van der Waals surface area (Å²) in [5.41, 5.74) is 18.6. The van der Waals surface area contributed by atoms with Gasteiger partial charge in [-0.3, -0.25) is 0 Å². The third-order valence-electron chi connectivity index (χ3n) is 11.7. The zero-order chi connectivity index (χ0) is 37.6. The Morgan fingerprint density at radius 2 is 0.732 bits per heavy atom. The fourth-order valence-electron chi connectivity index (χ4n) is 8.84. The van der Waals surface area contributed by atoms with Crippen molar-refractivity contribution in [2.75, 3.05) is 4.90 Å². The van der Waals surface area contributed by atoms with Gasteiger partial charge < -0.3 is 4.90 Å². The smallest absolute Gasteiger partial charge is 0.0462 e. The molecule has 0 unspecified atom stereocenters. The van der Waals surface area contributed by atoms with E-state index in [0.717, 1.165) is 17.1 Å². The molecule has 0 atom stereocenters. The SMILES string of the molecule is CC1(C)c2ccccc2-c2c(-c3ccc(-c4ccc(N(c5ccc(-c6ccccc6)cc5)c5ccc(-c6ccccc6)cc5)cc4)cc3)cc3ccccc3c21. The number of benzene rings is 9. The molecule has 1 heteroatoms. The van der Waals surface area contributed by atoms with Gasteiger partial charge in [0, 0.05) is 22.5 Å². The third kappa shape index (κ3) is 5.81. The number of nitrogens with zero attached hydrogens (tertiary/aromatic N) is 1. The van der Waals surface area contributed by atoms with Crippen LogP contribution in [0.3, 0.4) is 0 Å². The lowest BCUT2D eigenvalue weighted by molar-refractivity contribution is 0.666. The van der Waals surface area contributed by atoms with Crippen LogP contribution in [-0.4, -0.2) is 0 Å². The van der Waals surface area contributed by atoms with Gasteiger partial charge >= 0.3 is 0 Å². The molecule has 9 aromatic carbocycles. The molecule has 266 valence electrons. The van der Waals surface area contributed by atoms with Crippen LogP contribution in [-0.2, 0) is 5.41 Å². The molecule has 0 saturated heterocycles. The normalized spacial score (nSPS) is 12.6. The summed E-state index contributed by atoms with van der Waals surface area (Å²) >= 11 is 0. The minimum absolute atomic E-state index is 0.0784. The molecule has 0 fully saturated rings. The largest absolute Gasteiger partial charge is 0.311 e. The van der Waals surface area contributed by atoms with Gasteiger partial charge in [-0.15, -0.1) is 0 Å². The molecule has 1 nitrogen and oxygen atoms in total. The first-order valence-electron chi connectivity index (χ1n) is 19.5. The number of rotatable bonds is 7. The second-order valence-corrected chi connectivity index (χ2v) is 15.4. The quantitative estimate of drug-likeness (QED) is 0.159. The van der Waals surface area contributed by atoms with Crippen LogP contribution >= 0.6 is 0 Å². The van der Waals surface area contributed by atoms with E-state index < -0.39 is 0 Å². The Morgan fingerprint density at radius 1 is 0.339 bits per heavy atom. The Morgan fingerprint density at radius 3 is 1.25 bits per heavy atom. The molecule has 0 saturated carbocycles. The highest BCUT2D eigenvalue weighted by atomic mass is 15.1. The minimum atomic E-state index is -0.0784. The van der Waals surface area contributed by atoms with Crippen LogP contribution in [0.1, 0.15) is 25.0 Å². The van der Waals surface area contributed by atoms with E-state index >= 15 is 0 Å². The molecule has 0 N–H and O–H groups in total. The summed E-state index contributed by atoms with van der Waals surface area (Å²) in [4.78, 5) is 2.34. The maximum absolute atomic E-state index is 2.39. The summed E-state index contributed by atoms with van der Waals surface area (Å²) < 4.78 is 0. The number of hydrogen-bond donors (Lipinski definition) is 0. The maximum atomic E-state index is 2.39. The van der Waals surface area contributed by atoms with Crippen LogP contribution in [0.2, 0.25) is 0 Å². The molecule has 1 aliphatic carbocycles. The first-order valence-corrected chi connectivity index (χ1v) is 19.5. The average Bonchev–Trinajstić information content (AvgIpc) is 3.51. The second-order valence-electron chi connectivity index (χ2n) is 15.4. The van der Waals surface area contributed by atoms with Crippen LogP contribution in [0.15, 0.2) is 212 Å². The van der Waals surface area contributed by atoms with Crippen molar-refractivity contribution in [1.82, 2.24) is 0 Å². The highest BCUT2D eigenvalue weighted by molar-refractivity contribution is 6.04. The summed E-state index contributed by atoms with van der Waals surface area (Å²) in [6, 6.07) is 77.3. The average molecular weight is 716 g/mol. The molecular weight excluding hydrogens is 675 g/mol. The third-order valence-corrected chi connectivity index (χ3v) is 11.7. The highest BCUT2D eigenvalue weighted by Crippen LogP contribution is 2.54. The summed E-state index contributed by atoms with van der Waals surface area (Å²) in [5.74, 6) is 0. The van der Waals surface area contributed by atoms with Crippen molar-refractivity contribution < 1.29 is 0 Å². The summed E-state index contributed by atoms with van der Waals surface area (Å²) in [5, 5.41) is 2.63. The van der Waals surface area contributed by atoms with Crippen molar-refractivity contribution in [3.8, 4) is 55.6 Å². The van der Waals surface area contributed by atoms with Gasteiger partial charge in [0.25, 0.3) is 0 Å². The number of fused-ring (bicyclic) bond motifs is 5. The van der Waals surface area contributed by atoms with E-state index in [1.54, 1.807) is 0 Å². The van der Waals surface area contributed by atoms with Gasteiger partial charge in [-0.1, -0.05) is 184 Å². The summed E-state index contributed by atoms with van der Waals surface area (Å²) in [6.07, 6.45) is 0. The molecule has 0 heterocycles. The molecule has 10 rings (SSSR count). The molecule has 56 heavy (non-hydrogen) atoms. The van der Waals surface area contributed by atoms with Crippen LogP contribution in [0.4, 0.5) is 17.1 Å². The zero-order valence-corrected chi connectivity index (χ0v) is 31.7. The monoisotopic (exact) mass is 715 g/mol. The molecule has 0 amide bonds. The fourth-order valence-corrected chi connectivity index (χ4v) is 8.84. The molecule has 1 aliphatic rings. The Kier molecular flexibility index (Phi) is 8.23. The standard InChI is InChI=1S/C55H41N/c1-55(2)52-20-12-11-19-50(52)53-51(37-45-17-9-10-18-49(45)54(53)55)44-23-21-40(22-24-44)43-29-35-48(36-30-43)56(46-31-25-41(26-32-46)38-13-5-3-6-14-38)47-33-27-42(28-34-47)39-15-7-4-8-16-39/h3-37H,1-2H3. The van der Waals surface area contributed by atoms with Crippen molar-refractivity contribution in [3.05, 3.63) is 223 Å². The van der Waals surface area contributed by atoms with Crippen LogP contribution < -0.4 is 4.90 Å². The fraction of sp³-hybridized carbons (Fsp3) is 0.0545. The number of hydrogen-bond acceptors (Lipinski definition) is 1. The Balaban J connectivity index is 1.00. The zero-order valence-electron chi connectivity index (χ0n) is 31.7. The molecule has 0 radical (unpaired) electrons. The molecular formula is C55H41N. The van der Waals surface area contributed by atoms with Gasteiger partial charge in [0.15, 0.2) is 0 Å². The van der Waals surface area contributed by atoms with Crippen LogP contribution in [0.25, 0.3) is 66.4 Å². The van der Waals surface area contributed by atoms with Gasteiger partial charge in [-0.2, -0.15) is 0 Å². The summed E-state index contributed by atoms with van der Waals surface area (Å²) in [7, 11) is 0. The number of anilines is 3. The van der Waals surface area contributed by atoms with E-state index in [2.05, 4.69) is 231 Å². The van der Waals surface area contributed by atoms with Crippen molar-refractivity contribution >= 4 is 27.8 Å². The lowest BCUT2D eigenvalue weighted by Gasteiger charge is -2.26. The first kappa shape index (κ1) is 33.6. The second kappa shape index (κ2) is 13.7. The molecule has 9 aromatic rings. The summed E-state index contributed by atoms with van der Waals surface area (Å²) in [6.45, 7) is 4.75. The molecule has 0 aromatic heterocycles. The Labute approximate surface area is 329 Å². The predicted octanol–water partition coefficient (Wildman–Crippen LogP) is 15.3. The van der Waals surface area contributed by atoms with Crippen molar-refractivity contribution in [3.63, 3.8) is 0 Å². The van der Waals surface area contributed by atoms with E-state index in [9.17, 15) is 0 Å². The van der Waals surface area contributed by atoms with Gasteiger partial charge in [0.2, 0.25) is 0 Å². The van der Waals surface area contributed by atoms with E-state index in [4.69, 9.17) is 0 Å². The van der Waals surface area contributed by atoms with E-state index in [1.807, 2.05) is 0 Å². The first-order chi connectivity index (χ1) is 27.5. The van der Waals surface area contributed by atoms with Crippen LogP contribution in [0.5, 0.6) is 0 Å². The topological polar surface area (TPSA) is 3.24 Å². The van der Waals surface area contributed by atoms with E-state index in [1.165, 1.54) is 77.5 Å².